The Labute approximate surface area is 166 Å². The molecule has 8 nitrogen and oxygen atoms in total. The van der Waals surface area contributed by atoms with E-state index in [2.05, 4.69) is 9.97 Å². The Balaban J connectivity index is 2.01. The molecule has 3 rings (SSSR count). The summed E-state index contributed by atoms with van der Waals surface area (Å²) in [4.78, 5) is 29.6. The van der Waals surface area contributed by atoms with Crippen molar-refractivity contribution in [3.63, 3.8) is 0 Å². The van der Waals surface area contributed by atoms with Gasteiger partial charge in [-0.2, -0.15) is 0 Å². The Morgan fingerprint density at radius 2 is 1.72 bits per heavy atom. The van der Waals surface area contributed by atoms with Crippen molar-refractivity contribution in [2.75, 3.05) is 5.75 Å². The van der Waals surface area contributed by atoms with Gasteiger partial charge < -0.3 is 15.2 Å². The topological polar surface area (TPSA) is 137 Å². The average Bonchev–Trinajstić information content (AvgIpc) is 3.13. The number of benzene rings is 2. The number of nitrogens with zero attached hydrogens (tertiary/aromatic N) is 1. The number of sulfone groups is 1. The van der Waals surface area contributed by atoms with Crippen LogP contribution in [0.25, 0.3) is 11.1 Å². The number of H-pyrrole nitrogens is 1. The van der Waals surface area contributed by atoms with E-state index in [0.29, 0.717) is 11.1 Å². The van der Waals surface area contributed by atoms with Crippen molar-refractivity contribution < 1.29 is 28.2 Å². The van der Waals surface area contributed by atoms with Crippen molar-refractivity contribution in [2.45, 2.75) is 18.4 Å². The fraction of sp³-hybridized carbons (Fsp3) is 0.150. The molecule has 0 aliphatic heterocycles. The number of hydrogen-bond acceptors (Lipinski definition) is 5. The van der Waals surface area contributed by atoms with Gasteiger partial charge in [0.25, 0.3) is 0 Å². The van der Waals surface area contributed by atoms with Crippen molar-refractivity contribution in [3.8, 4) is 11.1 Å². The van der Waals surface area contributed by atoms with Crippen molar-refractivity contribution in [3.05, 3.63) is 71.2 Å². The summed E-state index contributed by atoms with van der Waals surface area (Å²) < 4.78 is 24.2. The molecule has 0 radical (unpaired) electrons. The Morgan fingerprint density at radius 1 is 1.03 bits per heavy atom. The minimum absolute atomic E-state index is 0.0505. The van der Waals surface area contributed by atoms with Crippen LogP contribution in [0.2, 0.25) is 0 Å². The number of aromatic carboxylic acids is 2. The van der Waals surface area contributed by atoms with Gasteiger partial charge in [0, 0.05) is 6.42 Å². The molecular formula is C20H18N2O6S. The molecule has 0 unspecified atom stereocenters. The second-order valence-electron chi connectivity index (χ2n) is 6.30. The summed E-state index contributed by atoms with van der Waals surface area (Å²) in [5.74, 6) is -2.70. The summed E-state index contributed by atoms with van der Waals surface area (Å²) in [5, 5.41) is 18.4. The van der Waals surface area contributed by atoms with Gasteiger partial charge in [-0.1, -0.05) is 49.4 Å². The minimum Gasteiger partial charge on any atom is -0.478 e. The second kappa shape index (κ2) is 7.88. The van der Waals surface area contributed by atoms with E-state index in [9.17, 15) is 28.2 Å². The molecule has 1 aromatic heterocycles. The molecule has 150 valence electrons. The summed E-state index contributed by atoms with van der Waals surface area (Å²) >= 11 is 0. The first kappa shape index (κ1) is 20.3. The Morgan fingerprint density at radius 3 is 2.31 bits per heavy atom. The van der Waals surface area contributed by atoms with Crippen LogP contribution in [0.4, 0.5) is 0 Å². The SMILES string of the molecule is CCS(=O)(=O)c1nc(Cc2ccc(-c3ccccc3)c(C(=O)O)c2)[nH]c1C(=O)O. The molecule has 29 heavy (non-hydrogen) atoms. The van der Waals surface area contributed by atoms with Crippen LogP contribution in [0.3, 0.4) is 0 Å². The van der Waals surface area contributed by atoms with Gasteiger partial charge in [-0.05, 0) is 22.8 Å². The number of nitrogens with one attached hydrogen (secondary N) is 1. The van der Waals surface area contributed by atoms with E-state index in [4.69, 9.17) is 0 Å². The number of carbonyl (C=O) groups is 2. The van der Waals surface area contributed by atoms with Crippen molar-refractivity contribution in [2.24, 2.45) is 0 Å². The van der Waals surface area contributed by atoms with Crippen LogP contribution in [0.15, 0.2) is 53.6 Å². The molecule has 0 saturated carbocycles. The number of imidazole rings is 1. The van der Waals surface area contributed by atoms with E-state index in [0.717, 1.165) is 5.56 Å². The molecule has 0 bridgehead atoms. The normalized spacial score (nSPS) is 11.3. The summed E-state index contributed by atoms with van der Waals surface area (Å²) in [7, 11) is -3.83. The first-order valence-corrected chi connectivity index (χ1v) is 10.3. The monoisotopic (exact) mass is 414 g/mol. The molecule has 0 amide bonds. The number of carboxylic acids is 2. The van der Waals surface area contributed by atoms with Gasteiger partial charge in [-0.15, -0.1) is 0 Å². The van der Waals surface area contributed by atoms with Gasteiger partial charge in [0.05, 0.1) is 11.3 Å². The maximum absolute atomic E-state index is 12.1. The van der Waals surface area contributed by atoms with Crippen LogP contribution in [-0.2, 0) is 16.3 Å². The molecule has 0 aliphatic rings. The van der Waals surface area contributed by atoms with E-state index < -0.39 is 32.5 Å². The van der Waals surface area contributed by atoms with Crippen molar-refractivity contribution in [1.29, 1.82) is 0 Å². The molecule has 0 spiro atoms. The zero-order valence-corrected chi connectivity index (χ0v) is 16.2. The fourth-order valence-corrected chi connectivity index (χ4v) is 3.91. The average molecular weight is 414 g/mol. The summed E-state index contributed by atoms with van der Waals surface area (Å²) in [6.45, 7) is 1.40. The van der Waals surface area contributed by atoms with Gasteiger partial charge in [-0.3, -0.25) is 0 Å². The smallest absolute Gasteiger partial charge is 0.355 e. The number of rotatable bonds is 7. The Hall–Kier alpha value is -3.46. The van der Waals surface area contributed by atoms with E-state index in [1.54, 1.807) is 36.4 Å². The van der Waals surface area contributed by atoms with Gasteiger partial charge >= 0.3 is 11.9 Å². The van der Waals surface area contributed by atoms with E-state index in [1.807, 2.05) is 6.07 Å². The highest BCUT2D eigenvalue weighted by atomic mass is 32.2. The fourth-order valence-electron chi connectivity index (χ4n) is 2.94. The molecule has 3 aromatic rings. The van der Waals surface area contributed by atoms with Crippen LogP contribution in [0.5, 0.6) is 0 Å². The van der Waals surface area contributed by atoms with Crippen LogP contribution in [-0.4, -0.2) is 46.3 Å². The van der Waals surface area contributed by atoms with Crippen LogP contribution >= 0.6 is 0 Å². The van der Waals surface area contributed by atoms with Gasteiger partial charge in [0.1, 0.15) is 5.82 Å². The predicted octanol–water partition coefficient (Wildman–Crippen LogP) is 2.86. The molecule has 0 saturated heterocycles. The summed E-state index contributed by atoms with van der Waals surface area (Å²) in [6.07, 6.45) is 0.0505. The third-order valence-corrected chi connectivity index (χ3v) is 6.02. The maximum atomic E-state index is 12.1. The van der Waals surface area contributed by atoms with Crippen molar-refractivity contribution in [1.82, 2.24) is 9.97 Å². The quantitative estimate of drug-likeness (QED) is 0.540. The third-order valence-electron chi connectivity index (χ3n) is 4.38. The lowest BCUT2D eigenvalue weighted by Crippen LogP contribution is -2.10. The van der Waals surface area contributed by atoms with Crippen LogP contribution in [0.1, 0.15) is 39.2 Å². The zero-order valence-electron chi connectivity index (χ0n) is 15.4. The maximum Gasteiger partial charge on any atom is 0.355 e. The second-order valence-corrected chi connectivity index (χ2v) is 8.49. The van der Waals surface area contributed by atoms with Crippen LogP contribution < -0.4 is 0 Å². The molecule has 9 heteroatoms. The lowest BCUT2D eigenvalue weighted by Gasteiger charge is -2.09. The van der Waals surface area contributed by atoms with Crippen molar-refractivity contribution >= 4 is 21.8 Å². The highest BCUT2D eigenvalue weighted by Gasteiger charge is 2.26. The number of aromatic amines is 1. The molecule has 0 atom stereocenters. The molecule has 0 aliphatic carbocycles. The lowest BCUT2D eigenvalue weighted by molar-refractivity contribution is 0.0680. The minimum atomic E-state index is -3.83. The van der Waals surface area contributed by atoms with Gasteiger partial charge in [0.2, 0.25) is 0 Å². The highest BCUT2D eigenvalue weighted by Crippen LogP contribution is 2.26. The van der Waals surface area contributed by atoms with Gasteiger partial charge in [-0.25, -0.2) is 23.0 Å². The number of carboxylic acid groups (broad SMARTS) is 2. The third kappa shape index (κ3) is 4.19. The molecule has 3 N–H and O–H groups in total. The number of hydrogen-bond donors (Lipinski definition) is 3. The lowest BCUT2D eigenvalue weighted by atomic mass is 9.96. The Bertz CT molecular complexity index is 1180. The summed E-state index contributed by atoms with van der Waals surface area (Å²) in [5.41, 5.74) is 1.43. The molecule has 1 heterocycles. The molecular weight excluding hydrogens is 396 g/mol. The summed E-state index contributed by atoms with van der Waals surface area (Å²) in [6, 6.07) is 13.9. The highest BCUT2D eigenvalue weighted by molar-refractivity contribution is 7.91. The largest absolute Gasteiger partial charge is 0.478 e. The standard InChI is InChI=1S/C20H18N2O6S/c1-2-29(27,28)18-17(20(25)26)21-16(22-18)11-12-8-9-14(15(10-12)19(23)24)13-6-4-3-5-7-13/h3-10H,2,11H2,1H3,(H,21,22)(H,23,24)(H,25,26). The predicted molar refractivity (Wildman–Crippen MR) is 105 cm³/mol. The molecule has 0 fully saturated rings. The van der Waals surface area contributed by atoms with E-state index in [-0.39, 0.29) is 23.6 Å². The molecule has 2 aromatic carbocycles. The number of aromatic nitrogens is 2. The first-order chi connectivity index (χ1) is 13.7. The van der Waals surface area contributed by atoms with E-state index in [1.165, 1.54) is 13.0 Å². The first-order valence-electron chi connectivity index (χ1n) is 8.69. The zero-order chi connectivity index (χ0) is 21.2. The van der Waals surface area contributed by atoms with Gasteiger partial charge in [0.15, 0.2) is 20.6 Å². The van der Waals surface area contributed by atoms with E-state index >= 15 is 0 Å². The Kier molecular flexibility index (Phi) is 5.51. The van der Waals surface area contributed by atoms with Crippen LogP contribution in [0, 0.1) is 0 Å².